The van der Waals surface area contributed by atoms with Crippen LogP contribution in [0.2, 0.25) is 0 Å². The van der Waals surface area contributed by atoms with E-state index >= 15 is 0 Å². The Kier molecular flexibility index (Phi) is 7.01. The van der Waals surface area contributed by atoms with E-state index in [-0.39, 0.29) is 5.91 Å². The number of anilines is 1. The van der Waals surface area contributed by atoms with E-state index in [1.54, 1.807) is 0 Å². The minimum atomic E-state index is 0.0884. The van der Waals surface area contributed by atoms with E-state index in [1.807, 2.05) is 25.1 Å². The summed E-state index contributed by atoms with van der Waals surface area (Å²) < 4.78 is 0. The number of carbonyl (C=O) groups is 1. The zero-order valence-electron chi connectivity index (χ0n) is 15.0. The van der Waals surface area contributed by atoms with E-state index in [0.717, 1.165) is 37.3 Å². The van der Waals surface area contributed by atoms with Gasteiger partial charge < -0.3 is 5.32 Å². The molecule has 0 aliphatic rings. The zero-order valence-corrected chi connectivity index (χ0v) is 15.0. The molecule has 0 aliphatic carbocycles. The fraction of sp³-hybridized carbons (Fsp3) is 0.381. The average molecular weight is 324 g/mol. The van der Waals surface area contributed by atoms with Gasteiger partial charge in [0.25, 0.3) is 0 Å². The van der Waals surface area contributed by atoms with Crippen molar-refractivity contribution in [3.05, 3.63) is 65.2 Å². The Morgan fingerprint density at radius 1 is 1.04 bits per heavy atom. The summed E-state index contributed by atoms with van der Waals surface area (Å²) >= 11 is 0. The van der Waals surface area contributed by atoms with Crippen LogP contribution in [0.3, 0.4) is 0 Å². The Morgan fingerprint density at radius 2 is 1.79 bits per heavy atom. The van der Waals surface area contributed by atoms with Gasteiger partial charge in [-0.2, -0.15) is 0 Å². The van der Waals surface area contributed by atoms with Gasteiger partial charge in [-0.25, -0.2) is 0 Å². The third-order valence-electron chi connectivity index (χ3n) is 4.36. The predicted molar refractivity (Wildman–Crippen MR) is 101 cm³/mol. The number of hydrogen-bond donors (Lipinski definition) is 1. The minimum absolute atomic E-state index is 0.0884. The largest absolute Gasteiger partial charge is 0.326 e. The maximum Gasteiger partial charge on any atom is 0.225 e. The molecule has 1 N–H and O–H groups in total. The van der Waals surface area contributed by atoms with Crippen molar-refractivity contribution in [1.29, 1.82) is 0 Å². The quantitative estimate of drug-likeness (QED) is 0.780. The van der Waals surface area contributed by atoms with E-state index < -0.39 is 0 Å². The zero-order chi connectivity index (χ0) is 17.4. The van der Waals surface area contributed by atoms with Crippen LogP contribution in [-0.2, 0) is 17.8 Å². The molecule has 0 aliphatic heterocycles. The fourth-order valence-corrected chi connectivity index (χ4v) is 2.85. The van der Waals surface area contributed by atoms with Crippen LogP contribution in [0.1, 0.15) is 37.0 Å². The van der Waals surface area contributed by atoms with Gasteiger partial charge in [0.05, 0.1) is 0 Å². The minimum Gasteiger partial charge on any atom is -0.326 e. The van der Waals surface area contributed by atoms with Crippen molar-refractivity contribution in [2.24, 2.45) is 0 Å². The van der Waals surface area contributed by atoms with Gasteiger partial charge in [0.15, 0.2) is 0 Å². The van der Waals surface area contributed by atoms with Crippen molar-refractivity contribution in [3.63, 3.8) is 0 Å². The van der Waals surface area contributed by atoms with Gasteiger partial charge in [-0.05, 0) is 36.6 Å². The summed E-state index contributed by atoms with van der Waals surface area (Å²) in [5, 5.41) is 3.11. The van der Waals surface area contributed by atoms with E-state index in [4.69, 9.17) is 0 Å². The third kappa shape index (κ3) is 5.20. The second-order valence-corrected chi connectivity index (χ2v) is 6.12. The highest BCUT2D eigenvalue weighted by Gasteiger charge is 2.11. The highest BCUT2D eigenvalue weighted by Crippen LogP contribution is 2.21. The van der Waals surface area contributed by atoms with E-state index in [1.165, 1.54) is 11.1 Å². The second kappa shape index (κ2) is 9.24. The van der Waals surface area contributed by atoms with Gasteiger partial charge in [-0.15, -0.1) is 0 Å². The Balaban J connectivity index is 1.90. The van der Waals surface area contributed by atoms with Crippen molar-refractivity contribution < 1.29 is 4.79 Å². The first-order valence-electron chi connectivity index (χ1n) is 8.78. The predicted octanol–water partition coefficient (Wildman–Crippen LogP) is 4.41. The van der Waals surface area contributed by atoms with Crippen molar-refractivity contribution in [2.75, 3.05) is 18.4 Å². The number of hydrogen-bond acceptors (Lipinski definition) is 2. The molecule has 0 saturated heterocycles. The van der Waals surface area contributed by atoms with Crippen molar-refractivity contribution >= 4 is 11.6 Å². The lowest BCUT2D eigenvalue weighted by atomic mass is 10.1. The van der Waals surface area contributed by atoms with Crippen molar-refractivity contribution in [3.8, 4) is 0 Å². The third-order valence-corrected chi connectivity index (χ3v) is 4.36. The Hall–Kier alpha value is -2.13. The van der Waals surface area contributed by atoms with Gasteiger partial charge in [0.1, 0.15) is 0 Å². The number of amides is 1. The molecule has 128 valence electrons. The molecular formula is C21H28N2O. The van der Waals surface area contributed by atoms with Gasteiger partial charge in [-0.3, -0.25) is 9.69 Å². The lowest BCUT2D eigenvalue weighted by Crippen LogP contribution is -2.27. The van der Waals surface area contributed by atoms with Gasteiger partial charge in [0, 0.05) is 25.2 Å². The number of carbonyl (C=O) groups excluding carboxylic acids is 1. The average Bonchev–Trinajstić information content (AvgIpc) is 2.61. The molecule has 2 aromatic carbocycles. The molecule has 0 fully saturated rings. The first-order chi connectivity index (χ1) is 11.6. The standard InChI is InChI=1S/C21H28N2O/c1-4-19-13-9-10-17(3)21(19)22-20(24)14-15-23(5-2)16-18-11-7-6-8-12-18/h6-13H,4-5,14-16H2,1-3H3,(H,22,24). The highest BCUT2D eigenvalue weighted by molar-refractivity contribution is 5.92. The lowest BCUT2D eigenvalue weighted by molar-refractivity contribution is -0.116. The molecule has 2 aromatic rings. The molecule has 3 nitrogen and oxygen atoms in total. The molecule has 0 radical (unpaired) electrons. The van der Waals surface area contributed by atoms with Crippen LogP contribution in [-0.4, -0.2) is 23.9 Å². The molecule has 3 heteroatoms. The summed E-state index contributed by atoms with van der Waals surface area (Å²) in [6.45, 7) is 8.88. The second-order valence-electron chi connectivity index (χ2n) is 6.12. The van der Waals surface area contributed by atoms with Gasteiger partial charge in [-0.1, -0.05) is 62.4 Å². The van der Waals surface area contributed by atoms with E-state index in [2.05, 4.69) is 54.4 Å². The van der Waals surface area contributed by atoms with Crippen LogP contribution in [0.4, 0.5) is 5.69 Å². The molecule has 2 rings (SSSR count). The van der Waals surface area contributed by atoms with Crippen LogP contribution in [0, 0.1) is 6.92 Å². The molecule has 0 bridgehead atoms. The first-order valence-corrected chi connectivity index (χ1v) is 8.78. The number of nitrogens with one attached hydrogen (secondary N) is 1. The number of nitrogens with zero attached hydrogens (tertiary/aromatic N) is 1. The maximum absolute atomic E-state index is 12.4. The SMILES string of the molecule is CCc1cccc(C)c1NC(=O)CCN(CC)Cc1ccccc1. The number of para-hydroxylation sites is 1. The first kappa shape index (κ1) is 18.2. The van der Waals surface area contributed by atoms with E-state index in [0.29, 0.717) is 6.42 Å². The topological polar surface area (TPSA) is 32.3 Å². The molecule has 0 saturated carbocycles. The summed E-state index contributed by atoms with van der Waals surface area (Å²) in [6, 6.07) is 16.6. The summed E-state index contributed by atoms with van der Waals surface area (Å²) in [6.07, 6.45) is 1.44. The molecule has 0 heterocycles. The Labute approximate surface area is 145 Å². The van der Waals surface area contributed by atoms with Crippen LogP contribution in [0.25, 0.3) is 0 Å². The summed E-state index contributed by atoms with van der Waals surface area (Å²) in [5.74, 6) is 0.0884. The fourth-order valence-electron chi connectivity index (χ4n) is 2.85. The maximum atomic E-state index is 12.4. The van der Waals surface area contributed by atoms with E-state index in [9.17, 15) is 4.79 Å². The molecule has 24 heavy (non-hydrogen) atoms. The summed E-state index contributed by atoms with van der Waals surface area (Å²) in [4.78, 5) is 14.7. The Bertz CT molecular complexity index is 652. The number of benzene rings is 2. The smallest absolute Gasteiger partial charge is 0.225 e. The Morgan fingerprint density at radius 3 is 2.46 bits per heavy atom. The molecular weight excluding hydrogens is 296 g/mol. The highest BCUT2D eigenvalue weighted by atomic mass is 16.1. The molecule has 0 aromatic heterocycles. The number of rotatable bonds is 8. The van der Waals surface area contributed by atoms with Crippen LogP contribution < -0.4 is 5.32 Å². The van der Waals surface area contributed by atoms with Gasteiger partial charge in [0.2, 0.25) is 5.91 Å². The van der Waals surface area contributed by atoms with Crippen LogP contribution in [0.15, 0.2) is 48.5 Å². The van der Waals surface area contributed by atoms with Gasteiger partial charge >= 0.3 is 0 Å². The van der Waals surface area contributed by atoms with Crippen LogP contribution >= 0.6 is 0 Å². The normalized spacial score (nSPS) is 10.8. The number of aryl methyl sites for hydroxylation is 2. The van der Waals surface area contributed by atoms with Crippen molar-refractivity contribution in [1.82, 2.24) is 4.90 Å². The molecule has 1 amide bonds. The molecule has 0 spiro atoms. The lowest BCUT2D eigenvalue weighted by Gasteiger charge is -2.20. The summed E-state index contributed by atoms with van der Waals surface area (Å²) in [5.41, 5.74) is 4.59. The van der Waals surface area contributed by atoms with Crippen LogP contribution in [0.5, 0.6) is 0 Å². The van der Waals surface area contributed by atoms with Crippen molar-refractivity contribution in [2.45, 2.75) is 40.2 Å². The molecule has 0 unspecified atom stereocenters. The molecule has 0 atom stereocenters. The monoisotopic (exact) mass is 324 g/mol. The summed E-state index contributed by atoms with van der Waals surface area (Å²) in [7, 11) is 0.